The van der Waals surface area contributed by atoms with Gasteiger partial charge in [-0.05, 0) is 75.3 Å². The fraction of sp³-hybridized carbons (Fsp3) is 0.0645. The van der Waals surface area contributed by atoms with Crippen LogP contribution in [0.3, 0.4) is 0 Å². The van der Waals surface area contributed by atoms with Gasteiger partial charge >= 0.3 is 0 Å². The van der Waals surface area contributed by atoms with Crippen LogP contribution in [0.5, 0.6) is 11.5 Å². The summed E-state index contributed by atoms with van der Waals surface area (Å²) < 4.78 is 13.2. The fourth-order valence-electron chi connectivity index (χ4n) is 10.9. The quantitative estimate of drug-likeness (QED) is 0.173. The number of fused-ring (bicyclic) bond motifs is 11. The van der Waals surface area contributed by atoms with E-state index in [4.69, 9.17) is 19.1 Å². The molecule has 3 heterocycles. The molecule has 0 N–H and O–H groups in total. The van der Waals surface area contributed by atoms with E-state index in [2.05, 4.69) is 214 Å². The summed E-state index contributed by atoms with van der Waals surface area (Å²) in [5.41, 5.74) is 17.5. The summed E-state index contributed by atoms with van der Waals surface area (Å²) in [6, 6.07) is 77.6. The minimum Gasteiger partial charge on any atom is -0.457 e. The lowest BCUT2D eigenvalue weighted by Gasteiger charge is -2.50. The van der Waals surface area contributed by atoms with Crippen LogP contribution in [0.1, 0.15) is 47.2 Å². The van der Waals surface area contributed by atoms with Crippen LogP contribution in [0.4, 0.5) is 0 Å². The fourth-order valence-corrected chi connectivity index (χ4v) is 10.9. The van der Waals surface area contributed by atoms with Gasteiger partial charge in [0.2, 0.25) is 0 Å². The minimum absolute atomic E-state index is 0.197. The van der Waals surface area contributed by atoms with Gasteiger partial charge in [0.05, 0.1) is 16.8 Å². The third kappa shape index (κ3) is 5.71. The van der Waals surface area contributed by atoms with Crippen LogP contribution in [-0.2, 0) is 10.8 Å². The van der Waals surface area contributed by atoms with Crippen LogP contribution < -0.4 is 4.74 Å². The molecule has 0 saturated carbocycles. The van der Waals surface area contributed by atoms with Crippen molar-refractivity contribution in [3.05, 3.63) is 252 Å². The molecule has 1 aliphatic heterocycles. The second-order valence-corrected chi connectivity index (χ2v) is 18.0. The molecule has 4 heteroatoms. The van der Waals surface area contributed by atoms with E-state index in [0.29, 0.717) is 5.82 Å². The third-order valence-corrected chi connectivity index (χ3v) is 14.0. The number of furan rings is 1. The van der Waals surface area contributed by atoms with Gasteiger partial charge in [0, 0.05) is 49.6 Å². The van der Waals surface area contributed by atoms with Crippen molar-refractivity contribution in [1.29, 1.82) is 0 Å². The number of hydrogen-bond donors (Lipinski definition) is 0. The molecule has 0 unspecified atom stereocenters. The Balaban J connectivity index is 0.937. The Morgan fingerprint density at radius 1 is 0.364 bits per heavy atom. The molecule has 9 aromatic carbocycles. The molecule has 1 aliphatic carbocycles. The normalized spacial score (nSPS) is 14.0. The van der Waals surface area contributed by atoms with Crippen LogP contribution in [-0.4, -0.2) is 9.97 Å². The molecule has 66 heavy (non-hydrogen) atoms. The van der Waals surface area contributed by atoms with Crippen LogP contribution in [0.2, 0.25) is 0 Å². The van der Waals surface area contributed by atoms with E-state index >= 15 is 0 Å². The maximum Gasteiger partial charge on any atom is 0.160 e. The van der Waals surface area contributed by atoms with Crippen molar-refractivity contribution in [2.24, 2.45) is 0 Å². The summed E-state index contributed by atoms with van der Waals surface area (Å²) in [7, 11) is 0. The minimum atomic E-state index is -0.601. The van der Waals surface area contributed by atoms with Crippen LogP contribution >= 0.6 is 0 Å². The molecule has 0 radical (unpaired) electrons. The number of hydrogen-bond acceptors (Lipinski definition) is 4. The zero-order valence-electron chi connectivity index (χ0n) is 36.5. The van der Waals surface area contributed by atoms with Gasteiger partial charge < -0.3 is 9.15 Å². The van der Waals surface area contributed by atoms with Gasteiger partial charge in [-0.25, -0.2) is 9.97 Å². The van der Waals surface area contributed by atoms with Gasteiger partial charge in [0.25, 0.3) is 0 Å². The van der Waals surface area contributed by atoms with Crippen molar-refractivity contribution in [2.75, 3.05) is 0 Å². The molecule has 13 rings (SSSR count). The molecular weight excluding hydrogens is 805 g/mol. The standard InChI is InChI=1S/C62H42N2O2/c1-61(2)48-23-7-9-25-50(48)62(51-26-10-8-24-49(51)61)52-27-11-13-29-57(52)65-58-35-34-43(37-53(58)62)42-18-14-19-44(36-42)60-63-54(40-16-4-3-5-17-40)38-55(64-60)41-32-30-39(31-33-41)45-21-15-22-47-46-20-6-12-28-56(46)66-59(45)47/h3-38H,1-2H3. The van der Waals surface area contributed by atoms with E-state index in [1.807, 2.05) is 18.2 Å². The SMILES string of the molecule is CC1(C)c2ccccc2C2(c3ccccc3Oc3ccc(-c4cccc(-c5nc(-c6ccccc6)cc(-c6ccc(-c7cccc8c7oc7ccccc78)cc6)n5)c4)cc32)c2ccccc21. The number of para-hydroxylation sites is 3. The molecule has 0 fully saturated rings. The number of rotatable bonds is 5. The molecule has 11 aromatic rings. The van der Waals surface area contributed by atoms with E-state index in [1.165, 1.54) is 22.3 Å². The highest BCUT2D eigenvalue weighted by Crippen LogP contribution is 2.61. The van der Waals surface area contributed by atoms with E-state index in [-0.39, 0.29) is 5.41 Å². The lowest BCUT2D eigenvalue weighted by molar-refractivity contribution is 0.425. The summed E-state index contributed by atoms with van der Waals surface area (Å²) in [4.78, 5) is 10.5. The summed E-state index contributed by atoms with van der Waals surface area (Å²) >= 11 is 0. The second kappa shape index (κ2) is 14.6. The van der Waals surface area contributed by atoms with Gasteiger partial charge in [0.1, 0.15) is 22.7 Å². The van der Waals surface area contributed by atoms with Gasteiger partial charge in [0.15, 0.2) is 5.82 Å². The van der Waals surface area contributed by atoms with Gasteiger partial charge in [-0.1, -0.05) is 196 Å². The largest absolute Gasteiger partial charge is 0.457 e. The Morgan fingerprint density at radius 3 is 1.65 bits per heavy atom. The van der Waals surface area contributed by atoms with E-state index in [1.54, 1.807) is 0 Å². The Hall–Kier alpha value is -8.34. The zero-order chi connectivity index (χ0) is 44.0. The van der Waals surface area contributed by atoms with Crippen molar-refractivity contribution < 1.29 is 9.15 Å². The zero-order valence-corrected chi connectivity index (χ0v) is 36.5. The number of aromatic nitrogens is 2. The first kappa shape index (κ1) is 38.1. The lowest BCUT2D eigenvalue weighted by atomic mass is 9.53. The van der Waals surface area contributed by atoms with Gasteiger partial charge in [-0.3, -0.25) is 0 Å². The molecule has 2 aliphatic rings. The van der Waals surface area contributed by atoms with Crippen LogP contribution in [0.15, 0.2) is 223 Å². The highest BCUT2D eigenvalue weighted by Gasteiger charge is 2.52. The van der Waals surface area contributed by atoms with Crippen molar-refractivity contribution >= 4 is 21.9 Å². The van der Waals surface area contributed by atoms with E-state index < -0.39 is 5.41 Å². The number of ether oxygens (including phenoxy) is 1. The second-order valence-electron chi connectivity index (χ2n) is 18.0. The molecule has 0 bridgehead atoms. The first-order valence-electron chi connectivity index (χ1n) is 22.6. The lowest BCUT2D eigenvalue weighted by Crippen LogP contribution is -2.43. The van der Waals surface area contributed by atoms with Crippen molar-refractivity contribution in [2.45, 2.75) is 24.7 Å². The summed E-state index contributed by atoms with van der Waals surface area (Å²) in [5, 5.41) is 2.24. The Bertz CT molecular complexity index is 3660. The molecule has 1 spiro atoms. The molecule has 2 aromatic heterocycles. The van der Waals surface area contributed by atoms with E-state index in [0.717, 1.165) is 94.9 Å². The molecule has 312 valence electrons. The molecule has 0 amide bonds. The topological polar surface area (TPSA) is 48.2 Å². The molecule has 0 saturated heterocycles. The third-order valence-electron chi connectivity index (χ3n) is 14.0. The highest BCUT2D eigenvalue weighted by molar-refractivity contribution is 6.09. The first-order chi connectivity index (χ1) is 32.4. The maximum absolute atomic E-state index is 6.82. The van der Waals surface area contributed by atoms with Crippen LogP contribution in [0.25, 0.3) is 78.1 Å². The Morgan fingerprint density at radius 2 is 0.894 bits per heavy atom. The predicted molar refractivity (Wildman–Crippen MR) is 267 cm³/mol. The number of benzene rings is 9. The predicted octanol–water partition coefficient (Wildman–Crippen LogP) is 15.8. The number of nitrogens with zero attached hydrogens (tertiary/aromatic N) is 2. The molecule has 0 atom stereocenters. The van der Waals surface area contributed by atoms with Crippen molar-refractivity contribution in [3.8, 4) is 67.7 Å². The molecule has 4 nitrogen and oxygen atoms in total. The average molecular weight is 847 g/mol. The maximum atomic E-state index is 6.82. The monoisotopic (exact) mass is 846 g/mol. The first-order valence-corrected chi connectivity index (χ1v) is 22.6. The summed E-state index contributed by atoms with van der Waals surface area (Å²) in [6.07, 6.45) is 0. The molecular formula is C62H42N2O2. The highest BCUT2D eigenvalue weighted by atomic mass is 16.5. The Kier molecular flexibility index (Phi) is 8.44. The van der Waals surface area contributed by atoms with Gasteiger partial charge in [-0.15, -0.1) is 0 Å². The van der Waals surface area contributed by atoms with Crippen LogP contribution in [0, 0.1) is 0 Å². The smallest absolute Gasteiger partial charge is 0.160 e. The van der Waals surface area contributed by atoms with E-state index in [9.17, 15) is 0 Å². The van der Waals surface area contributed by atoms with Crippen molar-refractivity contribution in [1.82, 2.24) is 9.97 Å². The summed E-state index contributed by atoms with van der Waals surface area (Å²) in [5.74, 6) is 2.41. The van der Waals surface area contributed by atoms with Gasteiger partial charge in [-0.2, -0.15) is 0 Å². The average Bonchev–Trinajstić information content (AvgIpc) is 3.77. The van der Waals surface area contributed by atoms with Crippen molar-refractivity contribution in [3.63, 3.8) is 0 Å². The Labute approximate surface area is 383 Å². The summed E-state index contributed by atoms with van der Waals surface area (Å²) in [6.45, 7) is 4.70.